The summed E-state index contributed by atoms with van der Waals surface area (Å²) in [7, 11) is 1.28. The van der Waals surface area contributed by atoms with Crippen LogP contribution in [0.1, 0.15) is 22.8 Å². The van der Waals surface area contributed by atoms with E-state index in [9.17, 15) is 50.8 Å². The van der Waals surface area contributed by atoms with Gasteiger partial charge in [-0.25, -0.2) is 0 Å². The van der Waals surface area contributed by atoms with E-state index in [1.165, 1.54) is 32.2 Å². The number of hydrogen-bond acceptors (Lipinski definition) is 16. The second-order valence-corrected chi connectivity index (χ2v) is 10.5. The number of aromatic hydroxyl groups is 3. The van der Waals surface area contributed by atoms with Crippen molar-refractivity contribution in [2.75, 3.05) is 13.7 Å². The lowest BCUT2D eigenvalue weighted by Crippen LogP contribution is -2.64. The first-order valence-corrected chi connectivity index (χ1v) is 13.4. The molecular weight excluding hydrogens is 592 g/mol. The van der Waals surface area contributed by atoms with Crippen LogP contribution >= 0.6 is 0 Å². The van der Waals surface area contributed by atoms with Gasteiger partial charge in [0.2, 0.25) is 12.1 Å². The molecule has 16 heteroatoms. The number of rotatable bonds is 7. The van der Waals surface area contributed by atoms with Crippen molar-refractivity contribution >= 4 is 11.9 Å². The lowest BCUT2D eigenvalue weighted by atomic mass is 9.97. The van der Waals surface area contributed by atoms with Gasteiger partial charge in [0.15, 0.2) is 29.3 Å². The quantitative estimate of drug-likeness (QED) is 0.125. The zero-order valence-corrected chi connectivity index (χ0v) is 23.3. The van der Waals surface area contributed by atoms with Crippen molar-refractivity contribution in [1.82, 2.24) is 0 Å². The first-order chi connectivity index (χ1) is 20.8. The van der Waals surface area contributed by atoms with Gasteiger partial charge in [-0.2, -0.15) is 0 Å². The molecule has 3 aliphatic rings. The van der Waals surface area contributed by atoms with Crippen molar-refractivity contribution in [3.05, 3.63) is 41.2 Å². The number of benzene rings is 2. The second-order valence-electron chi connectivity index (χ2n) is 10.5. The Morgan fingerprint density at radius 2 is 1.52 bits per heavy atom. The predicted molar refractivity (Wildman–Crippen MR) is 143 cm³/mol. The Morgan fingerprint density at radius 3 is 2.16 bits per heavy atom. The molecule has 2 aromatic rings. The van der Waals surface area contributed by atoms with Gasteiger partial charge in [-0.15, -0.1) is 0 Å². The minimum absolute atomic E-state index is 0.00589. The van der Waals surface area contributed by atoms with Crippen LogP contribution in [-0.2, 0) is 14.2 Å². The molecule has 0 amide bonds. The Kier molecular flexibility index (Phi) is 8.90. The van der Waals surface area contributed by atoms with Crippen LogP contribution in [0.3, 0.4) is 0 Å². The van der Waals surface area contributed by atoms with E-state index in [1.54, 1.807) is 0 Å². The van der Waals surface area contributed by atoms with Crippen LogP contribution in [0.25, 0.3) is 6.08 Å². The summed E-state index contributed by atoms with van der Waals surface area (Å²) in [6.07, 6.45) is -14.0. The third-order valence-corrected chi connectivity index (χ3v) is 7.49. The molecule has 3 heterocycles. The fourth-order valence-corrected chi connectivity index (χ4v) is 5.08. The number of ether oxygens (including phenoxy) is 6. The molecule has 0 aromatic heterocycles. The van der Waals surface area contributed by atoms with Crippen LogP contribution in [-0.4, -0.2) is 127 Å². The zero-order valence-electron chi connectivity index (χ0n) is 23.3. The van der Waals surface area contributed by atoms with E-state index in [1.807, 2.05) is 0 Å². The van der Waals surface area contributed by atoms with Crippen molar-refractivity contribution in [2.24, 2.45) is 0 Å². The first-order valence-electron chi connectivity index (χ1n) is 13.4. The van der Waals surface area contributed by atoms with E-state index < -0.39 is 91.1 Å². The molecule has 16 nitrogen and oxygen atoms in total. The number of Topliss-reactive ketones (excluding diaryl/α,β-unsaturated/α-hetero) is 1. The smallest absolute Gasteiger partial charge is 0.235 e. The van der Waals surface area contributed by atoms with Gasteiger partial charge >= 0.3 is 0 Å². The maximum atomic E-state index is 13.1. The Labute approximate surface area is 249 Å². The highest BCUT2D eigenvalue weighted by Crippen LogP contribution is 2.43. The van der Waals surface area contributed by atoms with E-state index in [2.05, 4.69) is 0 Å². The van der Waals surface area contributed by atoms with Gasteiger partial charge < -0.3 is 74.4 Å². The minimum atomic E-state index is -1.79. The van der Waals surface area contributed by atoms with Crippen LogP contribution in [0.15, 0.2) is 30.0 Å². The standard InChI is InChI=1S/C28H32O16/c1-9-19(32)22(35)24(37)27(40-9)44-26-17(8-29)43-28(25(38)23(26)36)41-11-6-14(39-2)18-15(7-11)42-16(21(18)34)5-10-3-12(30)20(33)13(31)4-10/h3-7,9,17,19,22-33,35-38H,8H2,1-2H3/b16-5-/t9-,17+,19-,22+,23+,24+,25+,26+,27-,28+/m0/s1. The second kappa shape index (κ2) is 12.4. The molecule has 2 fully saturated rings. The number of carbonyl (C=O) groups excluding carboxylic acids is 1. The number of aliphatic hydroxyl groups is 6. The molecule has 0 spiro atoms. The third kappa shape index (κ3) is 5.74. The first kappa shape index (κ1) is 31.7. The summed E-state index contributed by atoms with van der Waals surface area (Å²) in [5.74, 6) is -2.86. The van der Waals surface area contributed by atoms with Crippen LogP contribution in [0.5, 0.6) is 34.5 Å². The summed E-state index contributed by atoms with van der Waals surface area (Å²) in [6, 6.07) is 4.77. The molecule has 10 atom stereocenters. The van der Waals surface area contributed by atoms with E-state index in [4.69, 9.17) is 28.4 Å². The maximum absolute atomic E-state index is 13.1. The average molecular weight is 625 g/mol. The normalized spacial score (nSPS) is 34.5. The Bertz CT molecular complexity index is 1400. The number of carbonyl (C=O) groups is 1. The fourth-order valence-electron chi connectivity index (χ4n) is 5.08. The van der Waals surface area contributed by atoms with Gasteiger partial charge in [-0.1, -0.05) is 0 Å². The van der Waals surface area contributed by atoms with Crippen LogP contribution in [0, 0.1) is 0 Å². The van der Waals surface area contributed by atoms with Gasteiger partial charge in [0, 0.05) is 12.1 Å². The number of allylic oxidation sites excluding steroid dienone is 1. The summed E-state index contributed by atoms with van der Waals surface area (Å²) in [5, 5.41) is 91.0. The molecule has 44 heavy (non-hydrogen) atoms. The zero-order chi connectivity index (χ0) is 32.0. The number of aliphatic hydroxyl groups excluding tert-OH is 6. The Balaban J connectivity index is 1.34. The monoisotopic (exact) mass is 624 g/mol. The number of ketones is 1. The lowest BCUT2D eigenvalue weighted by molar-refractivity contribution is -0.349. The summed E-state index contributed by atoms with van der Waals surface area (Å²) in [6.45, 7) is 0.690. The number of hydrogen-bond donors (Lipinski definition) is 9. The molecule has 2 saturated heterocycles. The van der Waals surface area contributed by atoms with Crippen LogP contribution in [0.4, 0.5) is 0 Å². The van der Waals surface area contributed by atoms with Crippen molar-refractivity contribution < 1.29 is 79.2 Å². The van der Waals surface area contributed by atoms with E-state index in [0.717, 1.165) is 12.1 Å². The van der Waals surface area contributed by atoms with Gasteiger partial charge in [0.25, 0.3) is 0 Å². The Morgan fingerprint density at radius 1 is 0.864 bits per heavy atom. The molecule has 3 aliphatic heterocycles. The van der Waals surface area contributed by atoms with Crippen molar-refractivity contribution in [3.63, 3.8) is 0 Å². The lowest BCUT2D eigenvalue weighted by Gasteiger charge is -2.45. The predicted octanol–water partition coefficient (Wildman–Crippen LogP) is -1.54. The topological polar surface area (TPSA) is 255 Å². The average Bonchev–Trinajstić information content (AvgIpc) is 3.30. The summed E-state index contributed by atoms with van der Waals surface area (Å²) in [5.41, 5.74) is 0.146. The van der Waals surface area contributed by atoms with Gasteiger partial charge in [0.05, 0.1) is 19.8 Å². The minimum Gasteiger partial charge on any atom is -0.504 e. The van der Waals surface area contributed by atoms with E-state index >= 15 is 0 Å². The SMILES string of the molecule is COc1cc(O[C@@H]2O[C@H](CO)[C@@H](O[C@@H]3O[C@@H](C)[C@H](O)[C@@H](O)[C@H]3O)[C@H](O)[C@H]2O)cc2c1C(=O)/C(=C/c1cc(O)c(O)c(O)c1)O2. The fraction of sp³-hybridized carbons (Fsp3) is 0.464. The molecule has 0 radical (unpaired) electrons. The van der Waals surface area contributed by atoms with Gasteiger partial charge in [-0.05, 0) is 30.7 Å². The summed E-state index contributed by atoms with van der Waals surface area (Å²) < 4.78 is 33.4. The molecule has 240 valence electrons. The maximum Gasteiger partial charge on any atom is 0.235 e. The molecule has 0 saturated carbocycles. The van der Waals surface area contributed by atoms with Gasteiger partial charge in [0.1, 0.15) is 65.5 Å². The van der Waals surface area contributed by atoms with Gasteiger partial charge in [-0.3, -0.25) is 4.79 Å². The highest BCUT2D eigenvalue weighted by Gasteiger charge is 2.50. The van der Waals surface area contributed by atoms with Crippen LogP contribution < -0.4 is 14.2 Å². The van der Waals surface area contributed by atoms with Crippen molar-refractivity contribution in [1.29, 1.82) is 0 Å². The van der Waals surface area contributed by atoms with Crippen LogP contribution in [0.2, 0.25) is 0 Å². The Hall–Kier alpha value is -3.71. The molecule has 0 aliphatic carbocycles. The summed E-state index contributed by atoms with van der Waals surface area (Å²) in [4.78, 5) is 13.1. The summed E-state index contributed by atoms with van der Waals surface area (Å²) >= 11 is 0. The number of fused-ring (bicyclic) bond motifs is 1. The highest BCUT2D eigenvalue weighted by atomic mass is 16.7. The van der Waals surface area contributed by atoms with E-state index in [0.29, 0.717) is 0 Å². The van der Waals surface area contributed by atoms with Crippen molar-refractivity contribution in [2.45, 2.75) is 68.3 Å². The van der Waals surface area contributed by atoms with Crippen molar-refractivity contribution in [3.8, 4) is 34.5 Å². The highest BCUT2D eigenvalue weighted by molar-refractivity contribution is 6.16. The number of methoxy groups -OCH3 is 1. The molecule has 2 aromatic carbocycles. The molecule has 0 bridgehead atoms. The van der Waals surface area contributed by atoms with E-state index in [-0.39, 0.29) is 34.1 Å². The number of phenols is 3. The third-order valence-electron chi connectivity index (χ3n) is 7.49. The molecule has 9 N–H and O–H groups in total. The number of phenolic OH excluding ortho intramolecular Hbond substituents is 3. The molecule has 5 rings (SSSR count). The largest absolute Gasteiger partial charge is 0.504 e. The molecule has 0 unspecified atom stereocenters. The molecular formula is C28H32O16.